The number of aliphatic hydroxyl groups is 1. The predicted octanol–water partition coefficient (Wildman–Crippen LogP) is 2.61. The van der Waals surface area contributed by atoms with Crippen molar-refractivity contribution in [3.63, 3.8) is 0 Å². The molecule has 0 radical (unpaired) electrons. The number of benzene rings is 1. The molecule has 1 aliphatic rings. The Morgan fingerprint density at radius 2 is 2.11 bits per heavy atom. The van der Waals surface area contributed by atoms with Crippen LogP contribution >= 0.6 is 0 Å². The van der Waals surface area contributed by atoms with Crippen LogP contribution in [0.3, 0.4) is 0 Å². The number of hydrogen-bond donors (Lipinski definition) is 1. The van der Waals surface area contributed by atoms with E-state index in [9.17, 15) is 5.11 Å². The Bertz CT molecular complexity index is 421. The molecular formula is C15H23NO2. The fraction of sp³-hybridized carbons (Fsp3) is 0.600. The molecule has 0 spiro atoms. The van der Waals surface area contributed by atoms with Crippen LogP contribution in [0.1, 0.15) is 33.3 Å². The first-order valence-electron chi connectivity index (χ1n) is 6.61. The average Bonchev–Trinajstić information content (AvgIpc) is 2.68. The molecule has 0 amide bonds. The van der Waals surface area contributed by atoms with Crippen molar-refractivity contribution >= 4 is 5.69 Å². The van der Waals surface area contributed by atoms with E-state index in [4.69, 9.17) is 4.74 Å². The lowest BCUT2D eigenvalue weighted by Crippen LogP contribution is -2.28. The predicted molar refractivity (Wildman–Crippen MR) is 74.4 cm³/mol. The molecule has 0 saturated heterocycles. The molecule has 2 rings (SSSR count). The van der Waals surface area contributed by atoms with Crippen LogP contribution in [0.4, 0.5) is 5.69 Å². The van der Waals surface area contributed by atoms with Crippen molar-refractivity contribution in [2.45, 2.75) is 45.8 Å². The van der Waals surface area contributed by atoms with Gasteiger partial charge >= 0.3 is 0 Å². The molecule has 3 nitrogen and oxygen atoms in total. The third-order valence-electron chi connectivity index (χ3n) is 3.20. The number of hydrogen-bond acceptors (Lipinski definition) is 3. The molecule has 3 heteroatoms. The van der Waals surface area contributed by atoms with Crippen LogP contribution in [0.15, 0.2) is 18.2 Å². The van der Waals surface area contributed by atoms with E-state index in [1.807, 2.05) is 6.07 Å². The Morgan fingerprint density at radius 3 is 2.72 bits per heavy atom. The van der Waals surface area contributed by atoms with Crippen LogP contribution in [0.5, 0.6) is 5.75 Å². The van der Waals surface area contributed by atoms with E-state index < -0.39 is 5.60 Å². The fourth-order valence-electron chi connectivity index (χ4n) is 2.29. The summed E-state index contributed by atoms with van der Waals surface area (Å²) in [5.41, 5.74) is 1.88. The number of rotatable bonds is 4. The minimum absolute atomic E-state index is 0.319. The normalized spacial score (nSPS) is 15.1. The summed E-state index contributed by atoms with van der Waals surface area (Å²) in [6.07, 6.45) is 1.08. The van der Waals surface area contributed by atoms with Crippen LogP contribution in [0.25, 0.3) is 0 Å². The molecule has 0 atom stereocenters. The Labute approximate surface area is 109 Å². The fourth-order valence-corrected chi connectivity index (χ4v) is 2.29. The van der Waals surface area contributed by atoms with E-state index in [0.717, 1.165) is 18.7 Å². The molecule has 100 valence electrons. The summed E-state index contributed by atoms with van der Waals surface area (Å²) in [6.45, 7) is 9.34. The minimum atomic E-state index is -0.789. The first-order valence-corrected chi connectivity index (χ1v) is 6.61. The SMILES string of the molecule is CC(C)N1CCc2cc(OCC(C)(C)O)ccc21. The topological polar surface area (TPSA) is 32.7 Å². The average molecular weight is 249 g/mol. The minimum Gasteiger partial charge on any atom is -0.491 e. The summed E-state index contributed by atoms with van der Waals surface area (Å²) in [6, 6.07) is 6.76. The van der Waals surface area contributed by atoms with Gasteiger partial charge in [-0.3, -0.25) is 0 Å². The zero-order valence-electron chi connectivity index (χ0n) is 11.7. The van der Waals surface area contributed by atoms with Gasteiger partial charge in [0.05, 0.1) is 5.60 Å². The highest BCUT2D eigenvalue weighted by molar-refractivity contribution is 5.60. The zero-order chi connectivity index (χ0) is 13.3. The second kappa shape index (κ2) is 4.81. The molecule has 1 aromatic carbocycles. The van der Waals surface area contributed by atoms with Gasteiger partial charge in [-0.25, -0.2) is 0 Å². The maximum absolute atomic E-state index is 9.65. The molecular weight excluding hydrogens is 226 g/mol. The molecule has 0 bridgehead atoms. The van der Waals surface area contributed by atoms with Gasteiger partial charge in [0.25, 0.3) is 0 Å². The Morgan fingerprint density at radius 1 is 1.39 bits per heavy atom. The van der Waals surface area contributed by atoms with Gasteiger partial charge in [-0.2, -0.15) is 0 Å². The molecule has 0 aliphatic carbocycles. The number of anilines is 1. The van der Waals surface area contributed by atoms with Crippen molar-refractivity contribution in [3.8, 4) is 5.75 Å². The number of ether oxygens (including phenoxy) is 1. The van der Waals surface area contributed by atoms with Crippen molar-refractivity contribution in [1.82, 2.24) is 0 Å². The summed E-state index contributed by atoms with van der Waals surface area (Å²) in [4.78, 5) is 2.41. The van der Waals surface area contributed by atoms with Crippen LogP contribution in [0, 0.1) is 0 Å². The largest absolute Gasteiger partial charge is 0.491 e. The van der Waals surface area contributed by atoms with E-state index >= 15 is 0 Å². The first kappa shape index (κ1) is 13.2. The third kappa shape index (κ3) is 2.96. The van der Waals surface area contributed by atoms with E-state index in [0.29, 0.717) is 12.6 Å². The van der Waals surface area contributed by atoms with Crippen LogP contribution < -0.4 is 9.64 Å². The molecule has 0 saturated carbocycles. The standard InChI is InChI=1S/C15H23NO2/c1-11(2)16-8-7-12-9-13(5-6-14(12)16)18-10-15(3,4)17/h5-6,9,11,17H,7-8,10H2,1-4H3. The summed E-state index contributed by atoms with van der Waals surface area (Å²) in [5, 5.41) is 9.65. The molecule has 0 fully saturated rings. The van der Waals surface area contributed by atoms with Crippen LogP contribution in [0.2, 0.25) is 0 Å². The van der Waals surface area contributed by atoms with Gasteiger partial charge in [-0.05, 0) is 57.9 Å². The molecule has 0 unspecified atom stereocenters. The van der Waals surface area contributed by atoms with Crippen molar-refractivity contribution in [3.05, 3.63) is 23.8 Å². The molecule has 1 heterocycles. The van der Waals surface area contributed by atoms with Gasteiger partial charge < -0.3 is 14.7 Å². The second-order valence-electron chi connectivity index (χ2n) is 5.93. The van der Waals surface area contributed by atoms with Crippen molar-refractivity contribution < 1.29 is 9.84 Å². The highest BCUT2D eigenvalue weighted by atomic mass is 16.5. The number of nitrogens with zero attached hydrogens (tertiary/aromatic N) is 1. The highest BCUT2D eigenvalue weighted by Crippen LogP contribution is 2.32. The Balaban J connectivity index is 2.10. The van der Waals surface area contributed by atoms with Gasteiger partial charge in [0.15, 0.2) is 0 Å². The maximum atomic E-state index is 9.65. The lowest BCUT2D eigenvalue weighted by molar-refractivity contribution is 0.0285. The number of fused-ring (bicyclic) bond motifs is 1. The molecule has 1 aliphatic heterocycles. The van der Waals surface area contributed by atoms with Crippen molar-refractivity contribution in [2.24, 2.45) is 0 Å². The van der Waals surface area contributed by atoms with Crippen molar-refractivity contribution in [1.29, 1.82) is 0 Å². The van der Waals surface area contributed by atoms with E-state index in [1.54, 1.807) is 13.8 Å². The monoisotopic (exact) mass is 249 g/mol. The van der Waals surface area contributed by atoms with E-state index in [2.05, 4.69) is 30.9 Å². The lowest BCUT2D eigenvalue weighted by atomic mass is 10.1. The van der Waals surface area contributed by atoms with Gasteiger partial charge in [-0.1, -0.05) is 0 Å². The van der Waals surface area contributed by atoms with Gasteiger partial charge in [0, 0.05) is 18.3 Å². The van der Waals surface area contributed by atoms with Crippen molar-refractivity contribution in [2.75, 3.05) is 18.1 Å². The van der Waals surface area contributed by atoms with E-state index in [-0.39, 0.29) is 0 Å². The smallest absolute Gasteiger partial charge is 0.119 e. The van der Waals surface area contributed by atoms with Crippen LogP contribution in [-0.4, -0.2) is 29.9 Å². The van der Waals surface area contributed by atoms with E-state index in [1.165, 1.54) is 11.3 Å². The summed E-state index contributed by atoms with van der Waals surface area (Å²) < 4.78 is 5.62. The quantitative estimate of drug-likeness (QED) is 0.890. The van der Waals surface area contributed by atoms with Crippen LogP contribution in [-0.2, 0) is 6.42 Å². The first-order chi connectivity index (χ1) is 8.37. The highest BCUT2D eigenvalue weighted by Gasteiger charge is 2.22. The maximum Gasteiger partial charge on any atom is 0.119 e. The molecule has 1 aromatic rings. The summed E-state index contributed by atoms with van der Waals surface area (Å²) >= 11 is 0. The zero-order valence-corrected chi connectivity index (χ0v) is 11.7. The summed E-state index contributed by atoms with van der Waals surface area (Å²) in [7, 11) is 0. The third-order valence-corrected chi connectivity index (χ3v) is 3.20. The summed E-state index contributed by atoms with van der Waals surface area (Å²) in [5.74, 6) is 0.849. The molecule has 0 aromatic heterocycles. The molecule has 18 heavy (non-hydrogen) atoms. The van der Waals surface area contributed by atoms with Gasteiger partial charge in [-0.15, -0.1) is 0 Å². The Kier molecular flexibility index (Phi) is 3.53. The second-order valence-corrected chi connectivity index (χ2v) is 5.93. The van der Waals surface area contributed by atoms with Gasteiger partial charge in [0.1, 0.15) is 12.4 Å². The lowest BCUT2D eigenvalue weighted by Gasteiger charge is -2.24. The Hall–Kier alpha value is -1.22. The van der Waals surface area contributed by atoms with Gasteiger partial charge in [0.2, 0.25) is 0 Å². The molecule has 1 N–H and O–H groups in total.